The van der Waals surface area contributed by atoms with Crippen LogP contribution in [0.2, 0.25) is 0 Å². The molecule has 0 aromatic carbocycles. The molecule has 4 nitrogen and oxygen atoms in total. The molecule has 0 aliphatic rings. The second-order valence-corrected chi connectivity index (χ2v) is 3.54. The standard InChI is InChI=1S/C10H14N4S/c1-8(2)6-12-10(15)14-13-7-9-4-3-5-11-9/h3-5,7,11H,1,6H2,2H3,(H2,12,14,15)/b13-7+. The van der Waals surface area contributed by atoms with Crippen molar-refractivity contribution < 1.29 is 0 Å². The molecule has 1 aromatic rings. The van der Waals surface area contributed by atoms with Gasteiger partial charge in [0.25, 0.3) is 0 Å². The highest BCUT2D eigenvalue weighted by molar-refractivity contribution is 7.80. The Kier molecular flexibility index (Phi) is 4.56. The minimum Gasteiger partial charge on any atom is -0.360 e. The number of aromatic nitrogens is 1. The molecule has 1 rings (SSSR count). The second-order valence-electron chi connectivity index (χ2n) is 3.14. The number of rotatable bonds is 4. The van der Waals surface area contributed by atoms with E-state index in [0.717, 1.165) is 11.3 Å². The SMILES string of the molecule is C=C(C)CNC(=S)N/N=C/c1ccc[nH]1. The van der Waals surface area contributed by atoms with Crippen molar-refractivity contribution in [2.45, 2.75) is 6.92 Å². The average molecular weight is 222 g/mol. The van der Waals surface area contributed by atoms with Gasteiger partial charge in [0.2, 0.25) is 0 Å². The Hall–Kier alpha value is -1.62. The van der Waals surface area contributed by atoms with Crippen molar-refractivity contribution in [1.29, 1.82) is 0 Å². The van der Waals surface area contributed by atoms with Gasteiger partial charge in [0.05, 0.1) is 11.9 Å². The van der Waals surface area contributed by atoms with Gasteiger partial charge in [-0.15, -0.1) is 0 Å². The molecule has 3 N–H and O–H groups in total. The third-order valence-corrected chi connectivity index (χ3v) is 1.78. The lowest BCUT2D eigenvalue weighted by Gasteiger charge is -2.05. The van der Waals surface area contributed by atoms with E-state index in [1.165, 1.54) is 0 Å². The molecule has 0 aliphatic heterocycles. The molecular formula is C10H14N4S. The molecule has 0 fully saturated rings. The number of nitrogens with zero attached hydrogens (tertiary/aromatic N) is 1. The number of hydrogen-bond acceptors (Lipinski definition) is 2. The number of nitrogens with one attached hydrogen (secondary N) is 3. The summed E-state index contributed by atoms with van der Waals surface area (Å²) in [6.07, 6.45) is 3.49. The molecule has 0 spiro atoms. The summed E-state index contributed by atoms with van der Waals surface area (Å²) in [5, 5.41) is 7.40. The van der Waals surface area contributed by atoms with Crippen LogP contribution in [0.3, 0.4) is 0 Å². The Morgan fingerprint density at radius 1 is 1.73 bits per heavy atom. The van der Waals surface area contributed by atoms with Crippen LogP contribution in [0.1, 0.15) is 12.6 Å². The molecule has 0 radical (unpaired) electrons. The summed E-state index contributed by atoms with van der Waals surface area (Å²) in [7, 11) is 0. The molecule has 1 aromatic heterocycles. The van der Waals surface area contributed by atoms with E-state index >= 15 is 0 Å². The lowest BCUT2D eigenvalue weighted by atomic mass is 10.4. The van der Waals surface area contributed by atoms with Gasteiger partial charge in [-0.3, -0.25) is 5.43 Å². The van der Waals surface area contributed by atoms with Crippen molar-refractivity contribution in [2.75, 3.05) is 6.54 Å². The summed E-state index contributed by atoms with van der Waals surface area (Å²) >= 11 is 4.98. The summed E-state index contributed by atoms with van der Waals surface area (Å²) in [4.78, 5) is 2.99. The third kappa shape index (κ3) is 4.97. The number of H-pyrrole nitrogens is 1. The largest absolute Gasteiger partial charge is 0.360 e. The first-order valence-electron chi connectivity index (χ1n) is 4.53. The van der Waals surface area contributed by atoms with Gasteiger partial charge in [-0.1, -0.05) is 12.2 Å². The van der Waals surface area contributed by atoms with Crippen LogP contribution in [0.25, 0.3) is 0 Å². The summed E-state index contributed by atoms with van der Waals surface area (Å²) < 4.78 is 0. The van der Waals surface area contributed by atoms with Crippen LogP contribution in [0.4, 0.5) is 0 Å². The van der Waals surface area contributed by atoms with Crippen LogP contribution in [-0.2, 0) is 0 Å². The van der Waals surface area contributed by atoms with Crippen LogP contribution in [-0.4, -0.2) is 22.9 Å². The van der Waals surface area contributed by atoms with Crippen molar-refractivity contribution >= 4 is 23.5 Å². The van der Waals surface area contributed by atoms with Gasteiger partial charge < -0.3 is 10.3 Å². The molecule has 15 heavy (non-hydrogen) atoms. The maximum Gasteiger partial charge on any atom is 0.187 e. The van der Waals surface area contributed by atoms with E-state index in [-0.39, 0.29) is 0 Å². The highest BCUT2D eigenvalue weighted by Gasteiger charge is 1.91. The third-order valence-electron chi connectivity index (χ3n) is 1.54. The first-order valence-corrected chi connectivity index (χ1v) is 4.94. The average Bonchev–Trinajstić information content (AvgIpc) is 2.67. The van der Waals surface area contributed by atoms with E-state index in [9.17, 15) is 0 Å². The highest BCUT2D eigenvalue weighted by atomic mass is 32.1. The van der Waals surface area contributed by atoms with Gasteiger partial charge in [0, 0.05) is 12.7 Å². The molecule has 0 unspecified atom stereocenters. The summed E-state index contributed by atoms with van der Waals surface area (Å²) in [6, 6.07) is 3.81. The molecule has 1 heterocycles. The zero-order valence-electron chi connectivity index (χ0n) is 8.58. The first-order chi connectivity index (χ1) is 7.18. The zero-order valence-corrected chi connectivity index (χ0v) is 9.40. The van der Waals surface area contributed by atoms with Crippen LogP contribution in [0, 0.1) is 0 Å². The molecule has 80 valence electrons. The molecule has 0 aliphatic carbocycles. The topological polar surface area (TPSA) is 52.2 Å². The van der Waals surface area contributed by atoms with Crippen LogP contribution >= 0.6 is 12.2 Å². The Bertz CT molecular complexity index is 354. The lowest BCUT2D eigenvalue weighted by Crippen LogP contribution is -2.32. The summed E-state index contributed by atoms with van der Waals surface area (Å²) in [6.45, 7) is 6.34. The van der Waals surface area contributed by atoms with Crippen molar-refractivity contribution in [3.63, 3.8) is 0 Å². The smallest absolute Gasteiger partial charge is 0.187 e. The molecule has 0 saturated heterocycles. The van der Waals surface area contributed by atoms with E-state index in [0.29, 0.717) is 11.7 Å². The molecule has 0 amide bonds. The van der Waals surface area contributed by atoms with Crippen molar-refractivity contribution in [2.24, 2.45) is 5.10 Å². The minimum atomic E-state index is 0.487. The van der Waals surface area contributed by atoms with Crippen molar-refractivity contribution in [3.8, 4) is 0 Å². The fraction of sp³-hybridized carbons (Fsp3) is 0.200. The molecule has 5 heteroatoms. The predicted octanol–water partition coefficient (Wildman–Crippen LogP) is 1.39. The first kappa shape index (κ1) is 11.5. The van der Waals surface area contributed by atoms with Gasteiger partial charge in [-0.2, -0.15) is 5.10 Å². The normalized spacial score (nSPS) is 10.2. The summed E-state index contributed by atoms with van der Waals surface area (Å²) in [5.41, 5.74) is 4.65. The number of aromatic amines is 1. The Morgan fingerprint density at radius 3 is 3.13 bits per heavy atom. The Balaban J connectivity index is 2.25. The van der Waals surface area contributed by atoms with Crippen LogP contribution in [0.5, 0.6) is 0 Å². The van der Waals surface area contributed by atoms with E-state index in [1.807, 2.05) is 25.3 Å². The fourth-order valence-corrected chi connectivity index (χ4v) is 0.981. The highest BCUT2D eigenvalue weighted by Crippen LogP contribution is 1.88. The molecule has 0 bridgehead atoms. The number of hydrazone groups is 1. The van der Waals surface area contributed by atoms with E-state index < -0.39 is 0 Å². The summed E-state index contributed by atoms with van der Waals surface area (Å²) in [5.74, 6) is 0. The maximum atomic E-state index is 4.98. The molecule has 0 atom stereocenters. The second kappa shape index (κ2) is 5.98. The molecular weight excluding hydrogens is 208 g/mol. The van der Waals surface area contributed by atoms with E-state index in [1.54, 1.807) is 6.21 Å². The Labute approximate surface area is 94.5 Å². The minimum absolute atomic E-state index is 0.487. The zero-order chi connectivity index (χ0) is 11.1. The van der Waals surface area contributed by atoms with Crippen LogP contribution < -0.4 is 10.7 Å². The number of hydrogen-bond donors (Lipinski definition) is 3. The van der Waals surface area contributed by atoms with Crippen molar-refractivity contribution in [3.05, 3.63) is 36.2 Å². The predicted molar refractivity (Wildman–Crippen MR) is 66.9 cm³/mol. The van der Waals surface area contributed by atoms with Gasteiger partial charge in [-0.05, 0) is 31.3 Å². The lowest BCUT2D eigenvalue weighted by molar-refractivity contribution is 0.916. The number of thiocarbonyl (C=S) groups is 1. The van der Waals surface area contributed by atoms with Gasteiger partial charge >= 0.3 is 0 Å². The monoisotopic (exact) mass is 222 g/mol. The van der Waals surface area contributed by atoms with Gasteiger partial charge in [0.1, 0.15) is 0 Å². The van der Waals surface area contributed by atoms with E-state index in [2.05, 4.69) is 27.4 Å². The van der Waals surface area contributed by atoms with E-state index in [4.69, 9.17) is 12.2 Å². The van der Waals surface area contributed by atoms with Gasteiger partial charge in [-0.25, -0.2) is 0 Å². The molecule has 0 saturated carbocycles. The quantitative estimate of drug-likeness (QED) is 0.312. The van der Waals surface area contributed by atoms with Crippen LogP contribution in [0.15, 0.2) is 35.6 Å². The Morgan fingerprint density at radius 2 is 2.53 bits per heavy atom. The van der Waals surface area contributed by atoms with Crippen molar-refractivity contribution in [1.82, 2.24) is 15.7 Å². The maximum absolute atomic E-state index is 4.98. The fourth-order valence-electron chi connectivity index (χ4n) is 0.856. The van der Waals surface area contributed by atoms with Gasteiger partial charge in [0.15, 0.2) is 5.11 Å².